The molecular weight excluding hydrogens is 242 g/mol. The van der Waals surface area contributed by atoms with Gasteiger partial charge in [0.25, 0.3) is 0 Å². The van der Waals surface area contributed by atoms with Gasteiger partial charge in [-0.3, -0.25) is 9.69 Å². The number of rotatable bonds is 7. The van der Waals surface area contributed by atoms with E-state index in [-0.39, 0.29) is 12.5 Å². The van der Waals surface area contributed by atoms with Gasteiger partial charge in [0, 0.05) is 18.8 Å². The number of anilines is 1. The first-order valence-electron chi connectivity index (χ1n) is 6.34. The van der Waals surface area contributed by atoms with Crippen LogP contribution < -0.4 is 11.5 Å². The zero-order valence-electron chi connectivity index (χ0n) is 11.6. The summed E-state index contributed by atoms with van der Waals surface area (Å²) < 4.78 is 0. The third-order valence-electron chi connectivity index (χ3n) is 2.81. The van der Waals surface area contributed by atoms with Crippen LogP contribution in [0.3, 0.4) is 0 Å². The lowest BCUT2D eigenvalue weighted by atomic mass is 10.1. The van der Waals surface area contributed by atoms with Gasteiger partial charge in [-0.15, -0.1) is 0 Å². The van der Waals surface area contributed by atoms with Crippen molar-refractivity contribution >= 4 is 11.6 Å². The molecule has 0 saturated carbocycles. The van der Waals surface area contributed by atoms with Crippen LogP contribution in [0.15, 0.2) is 24.3 Å². The van der Waals surface area contributed by atoms with Crippen LogP contribution in [0, 0.1) is 0 Å². The summed E-state index contributed by atoms with van der Waals surface area (Å²) in [5.41, 5.74) is 11.9. The maximum Gasteiger partial charge on any atom is 0.231 e. The fourth-order valence-electron chi connectivity index (χ4n) is 1.75. The van der Waals surface area contributed by atoms with Crippen molar-refractivity contribution in [2.45, 2.75) is 32.4 Å². The number of hydrogen-bond donors (Lipinski definition) is 3. The minimum Gasteiger partial charge on any atom is -0.399 e. The van der Waals surface area contributed by atoms with Crippen molar-refractivity contribution in [2.24, 2.45) is 5.73 Å². The molecule has 0 heterocycles. The Morgan fingerprint density at radius 1 is 1.32 bits per heavy atom. The lowest BCUT2D eigenvalue weighted by molar-refractivity contribution is -0.119. The molecule has 0 saturated heterocycles. The molecule has 0 unspecified atom stereocenters. The van der Waals surface area contributed by atoms with Gasteiger partial charge in [0.05, 0.1) is 12.1 Å². The Kier molecular flexibility index (Phi) is 5.32. The van der Waals surface area contributed by atoms with E-state index in [0.717, 1.165) is 5.56 Å². The molecule has 5 nitrogen and oxygen atoms in total. The fourth-order valence-corrected chi connectivity index (χ4v) is 1.75. The van der Waals surface area contributed by atoms with Gasteiger partial charge >= 0.3 is 0 Å². The van der Waals surface area contributed by atoms with Gasteiger partial charge in [0.2, 0.25) is 5.91 Å². The maximum absolute atomic E-state index is 11.1. The number of nitrogen functional groups attached to an aromatic ring is 1. The summed E-state index contributed by atoms with van der Waals surface area (Å²) in [5.74, 6) is -0.369. The third kappa shape index (κ3) is 6.79. The van der Waals surface area contributed by atoms with Crippen molar-refractivity contribution in [2.75, 3.05) is 18.8 Å². The summed E-state index contributed by atoms with van der Waals surface area (Å²) in [4.78, 5) is 13.0. The molecule has 0 atom stereocenters. The Balaban J connectivity index is 2.63. The predicted molar refractivity (Wildman–Crippen MR) is 76.2 cm³/mol. The highest BCUT2D eigenvalue weighted by Crippen LogP contribution is 2.12. The van der Waals surface area contributed by atoms with E-state index in [1.807, 2.05) is 29.2 Å². The normalized spacial score (nSPS) is 11.8. The predicted octanol–water partition coefficient (Wildman–Crippen LogP) is 0.717. The molecule has 0 aliphatic heterocycles. The standard InChI is InChI=1S/C14H23N3O2/c1-14(2,19)7-8-17(10-13(16)18)9-11-3-5-12(15)6-4-11/h3-6,19H,7-10,15H2,1-2H3,(H2,16,18). The molecule has 0 spiro atoms. The number of carbonyl (C=O) groups is 1. The van der Waals surface area contributed by atoms with E-state index in [0.29, 0.717) is 25.2 Å². The molecule has 0 fully saturated rings. The second kappa shape index (κ2) is 6.54. The first-order chi connectivity index (χ1) is 8.76. The summed E-state index contributed by atoms with van der Waals surface area (Å²) in [6.07, 6.45) is 0.579. The van der Waals surface area contributed by atoms with Crippen LogP contribution in [0.2, 0.25) is 0 Å². The number of primary amides is 1. The Labute approximate surface area is 114 Å². The monoisotopic (exact) mass is 265 g/mol. The van der Waals surface area contributed by atoms with Crippen LogP contribution in [0.1, 0.15) is 25.8 Å². The van der Waals surface area contributed by atoms with Gasteiger partial charge in [-0.1, -0.05) is 12.1 Å². The van der Waals surface area contributed by atoms with Gasteiger partial charge in [0.15, 0.2) is 0 Å². The van der Waals surface area contributed by atoms with E-state index in [1.165, 1.54) is 0 Å². The second-order valence-electron chi connectivity index (χ2n) is 5.48. The van der Waals surface area contributed by atoms with Gasteiger partial charge in [0.1, 0.15) is 0 Å². The van der Waals surface area contributed by atoms with Crippen molar-refractivity contribution < 1.29 is 9.90 Å². The lowest BCUT2D eigenvalue weighted by Gasteiger charge is -2.25. The van der Waals surface area contributed by atoms with E-state index in [9.17, 15) is 9.90 Å². The number of nitrogens with zero attached hydrogens (tertiary/aromatic N) is 1. The Hall–Kier alpha value is -1.59. The molecular formula is C14H23N3O2. The first kappa shape index (κ1) is 15.5. The van der Waals surface area contributed by atoms with Crippen LogP contribution in [0.4, 0.5) is 5.69 Å². The van der Waals surface area contributed by atoms with Crippen molar-refractivity contribution in [3.05, 3.63) is 29.8 Å². The molecule has 5 N–H and O–H groups in total. The molecule has 1 aromatic carbocycles. The highest BCUT2D eigenvalue weighted by Gasteiger charge is 2.16. The SMILES string of the molecule is CC(C)(O)CCN(CC(N)=O)Cc1ccc(N)cc1. The number of amides is 1. The van der Waals surface area contributed by atoms with Crippen molar-refractivity contribution in [3.8, 4) is 0 Å². The zero-order chi connectivity index (χ0) is 14.5. The highest BCUT2D eigenvalue weighted by atomic mass is 16.3. The average molecular weight is 265 g/mol. The molecule has 106 valence electrons. The number of nitrogens with two attached hydrogens (primary N) is 2. The number of aliphatic hydroxyl groups is 1. The Bertz CT molecular complexity index is 410. The molecule has 1 aromatic rings. The largest absolute Gasteiger partial charge is 0.399 e. The third-order valence-corrected chi connectivity index (χ3v) is 2.81. The van der Waals surface area contributed by atoms with E-state index in [4.69, 9.17) is 11.5 Å². The number of benzene rings is 1. The maximum atomic E-state index is 11.1. The summed E-state index contributed by atoms with van der Waals surface area (Å²) in [6.45, 7) is 4.90. The van der Waals surface area contributed by atoms with E-state index in [2.05, 4.69) is 0 Å². The topological polar surface area (TPSA) is 92.6 Å². The van der Waals surface area contributed by atoms with Crippen LogP contribution in [-0.4, -0.2) is 34.6 Å². The molecule has 0 aliphatic carbocycles. The highest BCUT2D eigenvalue weighted by molar-refractivity contribution is 5.75. The minimum absolute atomic E-state index is 0.181. The number of carbonyl (C=O) groups excluding carboxylic acids is 1. The summed E-state index contributed by atoms with van der Waals surface area (Å²) >= 11 is 0. The molecule has 1 rings (SSSR count). The van der Waals surface area contributed by atoms with E-state index < -0.39 is 5.60 Å². The molecule has 0 aromatic heterocycles. The van der Waals surface area contributed by atoms with Crippen LogP contribution in [-0.2, 0) is 11.3 Å². The van der Waals surface area contributed by atoms with E-state index in [1.54, 1.807) is 13.8 Å². The van der Waals surface area contributed by atoms with Gasteiger partial charge < -0.3 is 16.6 Å². The van der Waals surface area contributed by atoms with Crippen LogP contribution in [0.25, 0.3) is 0 Å². The van der Waals surface area contributed by atoms with Crippen molar-refractivity contribution in [1.82, 2.24) is 4.90 Å². The quantitative estimate of drug-likeness (QED) is 0.633. The zero-order valence-corrected chi connectivity index (χ0v) is 11.6. The molecule has 0 radical (unpaired) electrons. The lowest BCUT2D eigenvalue weighted by Crippen LogP contribution is -2.36. The fraction of sp³-hybridized carbons (Fsp3) is 0.500. The first-order valence-corrected chi connectivity index (χ1v) is 6.34. The molecule has 0 aliphatic rings. The summed E-state index contributed by atoms with van der Waals surface area (Å²) in [5, 5.41) is 9.74. The molecule has 5 heteroatoms. The Morgan fingerprint density at radius 2 is 1.89 bits per heavy atom. The van der Waals surface area contributed by atoms with Gasteiger partial charge in [-0.2, -0.15) is 0 Å². The van der Waals surface area contributed by atoms with Gasteiger partial charge in [-0.05, 0) is 38.0 Å². The Morgan fingerprint density at radius 3 is 2.37 bits per heavy atom. The van der Waals surface area contributed by atoms with Crippen molar-refractivity contribution in [3.63, 3.8) is 0 Å². The summed E-state index contributed by atoms with van der Waals surface area (Å²) in [6, 6.07) is 7.50. The smallest absolute Gasteiger partial charge is 0.231 e. The molecule has 1 amide bonds. The van der Waals surface area contributed by atoms with E-state index >= 15 is 0 Å². The molecule has 19 heavy (non-hydrogen) atoms. The summed E-state index contributed by atoms with van der Waals surface area (Å²) in [7, 11) is 0. The van der Waals surface area contributed by atoms with Crippen molar-refractivity contribution in [1.29, 1.82) is 0 Å². The number of hydrogen-bond acceptors (Lipinski definition) is 4. The average Bonchev–Trinajstić information content (AvgIpc) is 2.27. The van der Waals surface area contributed by atoms with Gasteiger partial charge in [-0.25, -0.2) is 0 Å². The molecule has 0 bridgehead atoms. The minimum atomic E-state index is -0.753. The second-order valence-corrected chi connectivity index (χ2v) is 5.48. The van der Waals surface area contributed by atoms with Crippen LogP contribution in [0.5, 0.6) is 0 Å². The van der Waals surface area contributed by atoms with Crippen LogP contribution >= 0.6 is 0 Å².